The van der Waals surface area contributed by atoms with Crippen LogP contribution < -0.4 is 10.2 Å². The van der Waals surface area contributed by atoms with Crippen molar-refractivity contribution in [3.63, 3.8) is 0 Å². The van der Waals surface area contributed by atoms with Gasteiger partial charge in [0.25, 0.3) is 5.91 Å². The van der Waals surface area contributed by atoms with Crippen LogP contribution in [0.1, 0.15) is 51.1 Å². The third kappa shape index (κ3) is 12.9. The lowest BCUT2D eigenvalue weighted by Crippen LogP contribution is -2.58. The molecule has 0 saturated carbocycles. The fourth-order valence-corrected chi connectivity index (χ4v) is 7.59. The van der Waals surface area contributed by atoms with Crippen LogP contribution in [0.2, 0.25) is 0 Å². The molecule has 6 N–H and O–H groups in total. The van der Waals surface area contributed by atoms with E-state index in [0.29, 0.717) is 54.3 Å². The molecule has 14 nitrogen and oxygen atoms in total. The lowest BCUT2D eigenvalue weighted by Gasteiger charge is -2.47. The van der Waals surface area contributed by atoms with Gasteiger partial charge in [0.1, 0.15) is 17.0 Å². The van der Waals surface area contributed by atoms with Gasteiger partial charge in [-0.1, -0.05) is 41.7 Å². The van der Waals surface area contributed by atoms with E-state index in [1.54, 1.807) is 6.07 Å². The summed E-state index contributed by atoms with van der Waals surface area (Å²) in [6, 6.07) is 11.8. The van der Waals surface area contributed by atoms with Crippen molar-refractivity contribution in [2.45, 2.75) is 56.8 Å². The first-order chi connectivity index (χ1) is 26.7. The molecule has 1 spiro atoms. The Hall–Kier alpha value is -4.61. The number of nitrogens with zero attached hydrogens (tertiary/aromatic N) is 3. The van der Waals surface area contributed by atoms with E-state index in [9.17, 15) is 46.1 Å². The van der Waals surface area contributed by atoms with Crippen LogP contribution in [0.25, 0.3) is 10.2 Å². The normalized spacial score (nSPS) is 16.3. The number of hydrogen-bond acceptors (Lipinski definition) is 12. The molecule has 2 aliphatic heterocycles. The number of aromatic hydroxyl groups is 1. The maximum atomic E-state index is 13.0. The number of aliphatic hydroxyl groups is 1. The molecule has 2 fully saturated rings. The van der Waals surface area contributed by atoms with E-state index in [-0.39, 0.29) is 22.1 Å². The Morgan fingerprint density at radius 3 is 2.25 bits per heavy atom. The van der Waals surface area contributed by atoms with Crippen LogP contribution in [-0.4, -0.2) is 122 Å². The molecule has 312 valence electrons. The van der Waals surface area contributed by atoms with E-state index in [1.165, 1.54) is 28.5 Å². The summed E-state index contributed by atoms with van der Waals surface area (Å²) in [7, 11) is 0. The molecule has 2 aromatic carbocycles. The fourth-order valence-electron chi connectivity index (χ4n) is 6.09. The minimum atomic E-state index is -5.08. The van der Waals surface area contributed by atoms with Crippen LogP contribution in [0.15, 0.2) is 46.6 Å². The molecule has 1 amide bonds. The molecule has 57 heavy (non-hydrogen) atoms. The highest BCUT2D eigenvalue weighted by molar-refractivity contribution is 7.16. The van der Waals surface area contributed by atoms with Crippen molar-refractivity contribution in [1.82, 2.24) is 25.1 Å². The van der Waals surface area contributed by atoms with Crippen LogP contribution in [0.4, 0.5) is 26.3 Å². The molecule has 2 aromatic heterocycles. The van der Waals surface area contributed by atoms with Crippen molar-refractivity contribution in [1.29, 1.82) is 0 Å². The maximum Gasteiger partial charge on any atom is 0.490 e. The molecule has 22 heteroatoms. The topological polar surface area (TPSA) is 206 Å². The Morgan fingerprint density at radius 1 is 1.02 bits per heavy atom. The van der Waals surface area contributed by atoms with Gasteiger partial charge in [0.2, 0.25) is 0 Å². The second-order valence-corrected chi connectivity index (χ2v) is 15.1. The van der Waals surface area contributed by atoms with Gasteiger partial charge in [-0.3, -0.25) is 14.5 Å². The number of H-pyrrole nitrogens is 1. The predicted molar refractivity (Wildman–Crippen MR) is 195 cm³/mol. The van der Waals surface area contributed by atoms with Crippen LogP contribution in [0.3, 0.4) is 0 Å². The number of rotatable bonds is 9. The number of carbonyl (C=O) groups excluding carboxylic acids is 1. The number of aromatic amines is 1. The molecule has 0 unspecified atom stereocenters. The van der Waals surface area contributed by atoms with E-state index in [4.69, 9.17) is 24.5 Å². The minimum Gasteiger partial charge on any atom is -0.506 e. The molecule has 2 saturated heterocycles. The molecule has 6 rings (SSSR count). The van der Waals surface area contributed by atoms with Crippen LogP contribution in [-0.2, 0) is 27.3 Å². The van der Waals surface area contributed by atoms with Crippen molar-refractivity contribution in [2.24, 2.45) is 0 Å². The number of phenols is 1. The van der Waals surface area contributed by atoms with E-state index in [0.717, 1.165) is 55.2 Å². The lowest BCUT2D eigenvalue weighted by atomic mass is 9.89. The van der Waals surface area contributed by atoms with E-state index >= 15 is 0 Å². The van der Waals surface area contributed by atoms with Gasteiger partial charge in [0.15, 0.2) is 0 Å². The van der Waals surface area contributed by atoms with Crippen molar-refractivity contribution < 1.29 is 65.9 Å². The zero-order chi connectivity index (χ0) is 42.1. The first-order valence-electron chi connectivity index (χ1n) is 17.2. The standard InChI is InChI=1S/C31H37N5O5S2.2C2HF3O2/c1-20-33-24(18-42-20)29(39)36-13-14-41-31(19-36)8-11-35(12-9-31)17-22-4-2-3-21(15-22)7-10-32-16-26(38)23-5-6-25(37)27-28(23)43-30(40)34-27;2*3-2(4,5)1(6)7/h2-6,15,18,26,32,37-38H,7-14,16-17,19H2,1H3,(H,34,40);2*(H,6,7)/t26-;;/m0../s1. The highest BCUT2D eigenvalue weighted by atomic mass is 32.1. The number of aliphatic hydroxyl groups excluding tert-OH is 1. The highest BCUT2D eigenvalue weighted by Crippen LogP contribution is 2.33. The molecule has 0 bridgehead atoms. The number of hydrogen-bond donors (Lipinski definition) is 6. The zero-order valence-corrected chi connectivity index (χ0v) is 31.8. The molecular formula is C35H39F6N5O9S2. The molecule has 4 heterocycles. The Morgan fingerprint density at radius 2 is 1.65 bits per heavy atom. The number of aromatic nitrogens is 2. The number of carboxylic acid groups (broad SMARTS) is 2. The van der Waals surface area contributed by atoms with Gasteiger partial charge in [0.05, 0.1) is 34.6 Å². The second kappa shape index (κ2) is 19.2. The molecular weight excluding hydrogens is 813 g/mol. The zero-order valence-electron chi connectivity index (χ0n) is 30.2. The quantitative estimate of drug-likeness (QED) is 0.100. The average Bonchev–Trinajstić information content (AvgIpc) is 3.76. The summed E-state index contributed by atoms with van der Waals surface area (Å²) in [5, 5.41) is 41.1. The fraction of sp³-hybridized carbons (Fsp3) is 0.457. The van der Waals surface area contributed by atoms with Crippen molar-refractivity contribution in [3.05, 3.63) is 78.8 Å². The van der Waals surface area contributed by atoms with Gasteiger partial charge in [-0.25, -0.2) is 14.6 Å². The second-order valence-electron chi connectivity index (χ2n) is 13.1. The number of carboxylic acids is 2. The van der Waals surface area contributed by atoms with E-state index in [1.807, 2.05) is 17.2 Å². The number of amides is 1. The number of thiazole rings is 2. The van der Waals surface area contributed by atoms with Gasteiger partial charge in [-0.15, -0.1) is 11.3 Å². The van der Waals surface area contributed by atoms with E-state index < -0.39 is 30.4 Å². The van der Waals surface area contributed by atoms with Crippen LogP contribution in [0.5, 0.6) is 5.75 Å². The number of aryl methyl sites for hydroxylation is 1. The Kier molecular flexibility index (Phi) is 15.2. The third-order valence-corrected chi connectivity index (χ3v) is 10.6. The number of alkyl halides is 6. The summed E-state index contributed by atoms with van der Waals surface area (Å²) in [5.41, 5.74) is 3.75. The first kappa shape index (κ1) is 45.1. The average molecular weight is 852 g/mol. The number of aliphatic carboxylic acids is 2. The predicted octanol–water partition coefficient (Wildman–Crippen LogP) is 4.70. The molecule has 4 aromatic rings. The lowest BCUT2D eigenvalue weighted by molar-refractivity contribution is -0.193. The SMILES string of the molecule is Cc1nc(C(=O)N2CCOC3(CCN(Cc4cccc(CCNC[C@H](O)c5ccc(O)c6[nH]c(=O)sc56)c4)CC3)C2)cs1.O=C(O)C(F)(F)F.O=C(O)C(F)(F)F. The van der Waals surface area contributed by atoms with Crippen molar-refractivity contribution >= 4 is 50.7 Å². The first-order valence-corrected chi connectivity index (χ1v) is 18.9. The number of carbonyl (C=O) groups is 3. The molecule has 2 aliphatic rings. The van der Waals surface area contributed by atoms with Gasteiger partial charge < -0.3 is 40.4 Å². The highest BCUT2D eigenvalue weighted by Gasteiger charge is 2.42. The third-order valence-electron chi connectivity index (χ3n) is 8.90. The smallest absolute Gasteiger partial charge is 0.490 e. The summed E-state index contributed by atoms with van der Waals surface area (Å²) in [5.74, 6) is -5.50. The number of halogens is 6. The number of ether oxygens (including phenoxy) is 1. The summed E-state index contributed by atoms with van der Waals surface area (Å²) in [6.45, 7) is 7.46. The summed E-state index contributed by atoms with van der Waals surface area (Å²) >= 11 is 2.50. The van der Waals surface area contributed by atoms with Crippen molar-refractivity contribution in [2.75, 3.05) is 45.9 Å². The van der Waals surface area contributed by atoms with Gasteiger partial charge >= 0.3 is 29.2 Å². The van der Waals surface area contributed by atoms with Gasteiger partial charge in [-0.05, 0) is 49.9 Å². The van der Waals surface area contributed by atoms with E-state index in [2.05, 4.69) is 44.5 Å². The summed E-state index contributed by atoms with van der Waals surface area (Å²) in [6.07, 6.45) is -8.35. The molecule has 1 atom stereocenters. The molecule has 0 aliphatic carbocycles. The number of likely N-dealkylation sites (tertiary alicyclic amines) is 1. The monoisotopic (exact) mass is 851 g/mol. The Bertz CT molecular complexity index is 2040. The number of fused-ring (bicyclic) bond motifs is 1. The van der Waals surface area contributed by atoms with Crippen LogP contribution >= 0.6 is 22.7 Å². The molecule has 0 radical (unpaired) electrons. The summed E-state index contributed by atoms with van der Waals surface area (Å²) < 4.78 is 70.3. The number of morpholine rings is 1. The van der Waals surface area contributed by atoms with Gasteiger partial charge in [-0.2, -0.15) is 26.3 Å². The Labute approximate surface area is 328 Å². The van der Waals surface area contributed by atoms with Gasteiger partial charge in [0, 0.05) is 43.7 Å². The Balaban J connectivity index is 0.000000440. The van der Waals surface area contributed by atoms with Crippen molar-refractivity contribution in [3.8, 4) is 5.75 Å². The summed E-state index contributed by atoms with van der Waals surface area (Å²) in [4.78, 5) is 53.7. The number of piperidine rings is 1. The number of phenolic OH excluding ortho intramolecular Hbond substituents is 1. The largest absolute Gasteiger partial charge is 0.506 e. The minimum absolute atomic E-state index is 0.00396. The number of benzene rings is 2. The van der Waals surface area contributed by atoms with Crippen LogP contribution in [0, 0.1) is 6.92 Å². The number of nitrogens with one attached hydrogen (secondary N) is 2. The maximum absolute atomic E-state index is 13.0.